The molecule has 1 atom stereocenters. The SMILES string of the molecule is N#CCC(CN1CCC(Oc2cc(F)cc(C(F)(F)F)c2)CC1)n1cc(-c2ncnc3[nH]ccc23)cn1.O=C(O)C(F)(F)F.O=C(O)C(F)(F)F.O=C(O)C(F)(F)F. The zero-order valence-corrected chi connectivity index (χ0v) is 28.6. The molecular weight excluding hydrogens is 829 g/mol. The molecule has 1 unspecified atom stereocenters. The van der Waals surface area contributed by atoms with Crippen LogP contribution in [0.4, 0.5) is 57.1 Å². The van der Waals surface area contributed by atoms with E-state index in [1.807, 2.05) is 12.3 Å². The molecule has 3 aromatic heterocycles. The molecule has 0 spiro atoms. The monoisotopic (exact) mass is 855 g/mol. The van der Waals surface area contributed by atoms with Gasteiger partial charge in [0.05, 0.1) is 36.0 Å². The van der Waals surface area contributed by atoms with Crippen LogP contribution >= 0.6 is 0 Å². The van der Waals surface area contributed by atoms with Crippen molar-refractivity contribution in [2.24, 2.45) is 0 Å². The Hall–Kier alpha value is -6.20. The molecule has 0 amide bonds. The van der Waals surface area contributed by atoms with Crippen LogP contribution in [0.2, 0.25) is 0 Å². The Kier molecular flexibility index (Phi) is 16.4. The zero-order chi connectivity index (χ0) is 44.2. The highest BCUT2D eigenvalue weighted by Gasteiger charge is 2.39. The lowest BCUT2D eigenvalue weighted by atomic mass is 10.1. The third kappa shape index (κ3) is 15.4. The number of alkyl halides is 12. The van der Waals surface area contributed by atoms with Crippen molar-refractivity contribution in [2.45, 2.75) is 56.1 Å². The van der Waals surface area contributed by atoms with Gasteiger partial charge in [0.2, 0.25) is 0 Å². The number of nitrogens with one attached hydrogen (secondary N) is 1. The fourth-order valence-electron chi connectivity index (χ4n) is 4.60. The first kappa shape index (κ1) is 48.0. The molecule has 27 heteroatoms. The largest absolute Gasteiger partial charge is 0.490 e. The number of aliphatic carboxylic acids is 3. The predicted octanol–water partition coefficient (Wildman–Crippen LogP) is 6.88. The summed E-state index contributed by atoms with van der Waals surface area (Å²) in [5.41, 5.74) is 1.22. The number of ether oxygens (including phenoxy) is 1. The second-order valence-electron chi connectivity index (χ2n) is 11.4. The predicted molar refractivity (Wildman–Crippen MR) is 167 cm³/mol. The molecule has 58 heavy (non-hydrogen) atoms. The number of aromatic amines is 1. The number of halogens is 13. The smallest absolute Gasteiger partial charge is 0.490 e. The Balaban J connectivity index is 0.000000453. The number of carbonyl (C=O) groups is 3. The Labute approximate surface area is 315 Å². The zero-order valence-electron chi connectivity index (χ0n) is 28.6. The minimum absolute atomic E-state index is 0.126. The second-order valence-corrected chi connectivity index (χ2v) is 11.4. The number of aromatic nitrogens is 5. The number of carboxylic acid groups (broad SMARTS) is 3. The molecule has 5 rings (SSSR count). The van der Waals surface area contributed by atoms with E-state index in [4.69, 9.17) is 34.4 Å². The number of likely N-dealkylation sites (tertiary alicyclic amines) is 1. The summed E-state index contributed by atoms with van der Waals surface area (Å²) in [5, 5.41) is 36.2. The Morgan fingerprint density at radius 2 is 1.41 bits per heavy atom. The van der Waals surface area contributed by atoms with Crippen LogP contribution < -0.4 is 4.74 Å². The van der Waals surface area contributed by atoms with Gasteiger partial charge in [0.25, 0.3) is 0 Å². The molecule has 1 aliphatic heterocycles. The Morgan fingerprint density at radius 3 is 1.90 bits per heavy atom. The van der Waals surface area contributed by atoms with Gasteiger partial charge in [-0.2, -0.15) is 63.0 Å². The molecule has 4 heterocycles. The van der Waals surface area contributed by atoms with Crippen molar-refractivity contribution < 1.29 is 91.5 Å². The number of nitrogens with zero attached hydrogens (tertiary/aromatic N) is 6. The van der Waals surface area contributed by atoms with Crippen LogP contribution in [-0.2, 0) is 20.6 Å². The van der Waals surface area contributed by atoms with E-state index in [2.05, 4.69) is 31.0 Å². The molecular formula is C31H26F13N7O7. The van der Waals surface area contributed by atoms with Gasteiger partial charge in [-0.15, -0.1) is 0 Å². The molecule has 4 aromatic rings. The number of hydrogen-bond donors (Lipinski definition) is 4. The van der Waals surface area contributed by atoms with Crippen LogP contribution in [0, 0.1) is 17.1 Å². The molecule has 1 aliphatic rings. The highest BCUT2D eigenvalue weighted by atomic mass is 19.4. The molecule has 1 fully saturated rings. The topological polar surface area (TPSA) is 208 Å². The summed E-state index contributed by atoms with van der Waals surface area (Å²) >= 11 is 0. The maximum absolute atomic E-state index is 13.7. The van der Waals surface area contributed by atoms with Gasteiger partial charge in [0, 0.05) is 49.0 Å². The number of piperidine rings is 1. The summed E-state index contributed by atoms with van der Waals surface area (Å²) in [4.78, 5) is 40.5. The molecule has 318 valence electrons. The summed E-state index contributed by atoms with van der Waals surface area (Å²) in [6.45, 7) is 1.82. The number of H-pyrrole nitrogens is 1. The number of hydrogen-bond acceptors (Lipinski definition) is 9. The minimum Gasteiger partial charge on any atom is -0.490 e. The third-order valence-corrected chi connectivity index (χ3v) is 7.16. The van der Waals surface area contributed by atoms with Crippen molar-refractivity contribution in [1.29, 1.82) is 5.26 Å². The molecule has 0 aliphatic carbocycles. The molecule has 0 bridgehead atoms. The number of fused-ring (bicyclic) bond motifs is 1. The molecule has 14 nitrogen and oxygen atoms in total. The maximum atomic E-state index is 13.7. The van der Waals surface area contributed by atoms with Crippen molar-refractivity contribution >= 4 is 28.9 Å². The van der Waals surface area contributed by atoms with Crippen molar-refractivity contribution in [3.63, 3.8) is 0 Å². The standard InChI is InChI=1S/C25H23F4N7O.3C2HF3O2/c26-18-9-17(25(27,28)29)10-21(11-18)37-20-3-7-35(8-4-20)14-19(1-5-30)36-13-16(12-34-36)23-22-2-6-31-24(22)33-15-32-23;3*3-2(4,5)1(6)7/h2,6,9-13,15,19-20H,1,3-4,7-8,14H2,(H,31,32,33);3*(H,6,7). The summed E-state index contributed by atoms with van der Waals surface area (Å²) in [5.74, 6) is -9.38. The number of rotatable bonds is 7. The number of nitriles is 1. The highest BCUT2D eigenvalue weighted by Crippen LogP contribution is 2.33. The number of benzene rings is 1. The van der Waals surface area contributed by atoms with Gasteiger partial charge in [-0.1, -0.05) is 0 Å². The van der Waals surface area contributed by atoms with Crippen LogP contribution in [-0.4, -0.2) is 107 Å². The van der Waals surface area contributed by atoms with E-state index >= 15 is 0 Å². The lowest BCUT2D eigenvalue weighted by Crippen LogP contribution is -2.41. The summed E-state index contributed by atoms with van der Waals surface area (Å²) < 4.78 is 155. The molecule has 4 N–H and O–H groups in total. The van der Waals surface area contributed by atoms with Crippen molar-refractivity contribution in [1.82, 2.24) is 29.6 Å². The van der Waals surface area contributed by atoms with E-state index in [0.717, 1.165) is 34.4 Å². The first-order valence-electron chi connectivity index (χ1n) is 15.5. The fraction of sp³-hybridized carbons (Fsp3) is 0.387. The summed E-state index contributed by atoms with van der Waals surface area (Å²) in [6.07, 6.45) is -12.0. The van der Waals surface area contributed by atoms with Crippen molar-refractivity contribution in [3.05, 3.63) is 60.6 Å². The van der Waals surface area contributed by atoms with E-state index in [1.54, 1.807) is 17.1 Å². The van der Waals surface area contributed by atoms with E-state index < -0.39 is 54.0 Å². The van der Waals surface area contributed by atoms with Crippen LogP contribution in [0.5, 0.6) is 5.75 Å². The van der Waals surface area contributed by atoms with E-state index in [9.17, 15) is 62.3 Å². The second kappa shape index (κ2) is 19.8. The van der Waals surface area contributed by atoms with Crippen LogP contribution in [0.3, 0.4) is 0 Å². The molecule has 0 saturated carbocycles. The maximum Gasteiger partial charge on any atom is 0.490 e. The number of carboxylic acids is 3. The molecule has 1 saturated heterocycles. The van der Waals surface area contributed by atoms with Gasteiger partial charge in [0.1, 0.15) is 29.6 Å². The van der Waals surface area contributed by atoms with E-state index in [1.165, 1.54) is 6.33 Å². The average Bonchev–Trinajstić information content (AvgIpc) is 3.79. The Bertz CT molecular complexity index is 1970. The van der Waals surface area contributed by atoms with Crippen LogP contribution in [0.15, 0.2) is 49.2 Å². The van der Waals surface area contributed by atoms with Gasteiger partial charge in [-0.3, -0.25) is 4.68 Å². The van der Waals surface area contributed by atoms with Gasteiger partial charge in [-0.25, -0.2) is 28.7 Å². The summed E-state index contributed by atoms with van der Waals surface area (Å²) in [6, 6.07) is 6.18. The van der Waals surface area contributed by atoms with Gasteiger partial charge in [-0.05, 0) is 31.0 Å². The first-order valence-corrected chi connectivity index (χ1v) is 15.5. The van der Waals surface area contributed by atoms with Gasteiger partial charge < -0.3 is 29.9 Å². The van der Waals surface area contributed by atoms with E-state index in [0.29, 0.717) is 38.5 Å². The lowest BCUT2D eigenvalue weighted by Gasteiger charge is -2.34. The van der Waals surface area contributed by atoms with Gasteiger partial charge in [0.15, 0.2) is 0 Å². The first-order chi connectivity index (χ1) is 26.6. The average molecular weight is 856 g/mol. The van der Waals surface area contributed by atoms with Crippen molar-refractivity contribution in [2.75, 3.05) is 19.6 Å². The normalized spacial score (nSPS) is 14.3. The van der Waals surface area contributed by atoms with Crippen LogP contribution in [0.1, 0.15) is 30.9 Å². The molecule has 1 aromatic carbocycles. The lowest BCUT2D eigenvalue weighted by molar-refractivity contribution is -0.193. The molecule has 0 radical (unpaired) electrons. The summed E-state index contributed by atoms with van der Waals surface area (Å²) in [7, 11) is 0. The van der Waals surface area contributed by atoms with E-state index in [-0.39, 0.29) is 24.3 Å². The van der Waals surface area contributed by atoms with Gasteiger partial charge >= 0.3 is 42.6 Å². The fourth-order valence-corrected chi connectivity index (χ4v) is 4.60. The van der Waals surface area contributed by atoms with Crippen LogP contribution in [0.25, 0.3) is 22.3 Å². The minimum atomic E-state index is -5.08. The Morgan fingerprint density at radius 1 is 0.879 bits per heavy atom. The highest BCUT2D eigenvalue weighted by molar-refractivity contribution is 5.90. The third-order valence-electron chi connectivity index (χ3n) is 7.16. The quantitative estimate of drug-likeness (QED) is 0.140. The van der Waals surface area contributed by atoms with Crippen molar-refractivity contribution in [3.8, 4) is 23.1 Å².